The molecule has 0 saturated carbocycles. The van der Waals surface area contributed by atoms with Crippen LogP contribution in [-0.4, -0.2) is 43.8 Å². The number of aromatic nitrogens is 1. The predicted molar refractivity (Wildman–Crippen MR) is 150 cm³/mol. The van der Waals surface area contributed by atoms with Crippen molar-refractivity contribution in [2.45, 2.75) is 37.8 Å². The molecule has 0 unspecified atom stereocenters. The van der Waals surface area contributed by atoms with E-state index in [2.05, 4.69) is 21.1 Å². The third-order valence-electron chi connectivity index (χ3n) is 6.47. The van der Waals surface area contributed by atoms with Gasteiger partial charge in [-0.25, -0.2) is 8.42 Å². The summed E-state index contributed by atoms with van der Waals surface area (Å²) in [5.74, 6) is 5.29. The Bertz CT molecular complexity index is 1630. The minimum atomic E-state index is -4.13. The number of carboxylic acids is 1. The Hall–Kier alpha value is -4.26. The monoisotopic (exact) mass is 546 g/mol. The third kappa shape index (κ3) is 6.42. The maximum Gasteiger partial charge on any atom is 0.322 e. The van der Waals surface area contributed by atoms with E-state index in [1.54, 1.807) is 14.0 Å². The summed E-state index contributed by atoms with van der Waals surface area (Å²) in [5.41, 5.74) is 3.58. The molecule has 0 fully saturated rings. The van der Waals surface area contributed by atoms with Crippen molar-refractivity contribution in [3.05, 3.63) is 89.6 Å². The van der Waals surface area contributed by atoms with Crippen LogP contribution in [0.2, 0.25) is 0 Å². The highest BCUT2D eigenvalue weighted by Gasteiger charge is 2.28. The van der Waals surface area contributed by atoms with Gasteiger partial charge in [-0.3, -0.25) is 4.79 Å². The van der Waals surface area contributed by atoms with Gasteiger partial charge in [0.05, 0.1) is 12.0 Å². The highest BCUT2D eigenvalue weighted by atomic mass is 32.2. The summed E-state index contributed by atoms with van der Waals surface area (Å²) in [4.78, 5) is 12.2. The number of ether oxygens (including phenoxy) is 2. The quantitative estimate of drug-likeness (QED) is 0.271. The van der Waals surface area contributed by atoms with Crippen LogP contribution in [0.3, 0.4) is 0 Å². The van der Waals surface area contributed by atoms with E-state index in [0.717, 1.165) is 27.7 Å². The summed E-state index contributed by atoms with van der Waals surface area (Å²) >= 11 is 0. The van der Waals surface area contributed by atoms with Crippen LogP contribution in [0.25, 0.3) is 10.9 Å². The molecule has 0 spiro atoms. The van der Waals surface area contributed by atoms with Gasteiger partial charge >= 0.3 is 5.97 Å². The van der Waals surface area contributed by atoms with Crippen LogP contribution in [0.15, 0.2) is 77.7 Å². The fraction of sp³-hybridized carbons (Fsp3) is 0.233. The Kier molecular flexibility index (Phi) is 8.59. The number of fused-ring (bicyclic) bond motifs is 1. The molecule has 0 aliphatic heterocycles. The Morgan fingerprint density at radius 3 is 2.38 bits per heavy atom. The van der Waals surface area contributed by atoms with Gasteiger partial charge < -0.3 is 19.1 Å². The number of carboxylic acid groups (broad SMARTS) is 1. The average Bonchev–Trinajstić information content (AvgIpc) is 3.18. The number of nitrogens with zero attached hydrogens (tertiary/aromatic N) is 1. The van der Waals surface area contributed by atoms with Crippen molar-refractivity contribution >= 4 is 26.9 Å². The van der Waals surface area contributed by atoms with Crippen LogP contribution < -0.4 is 14.2 Å². The van der Waals surface area contributed by atoms with Crippen LogP contribution >= 0.6 is 0 Å². The number of sulfonamides is 1. The predicted octanol–water partition coefficient (Wildman–Crippen LogP) is 4.38. The summed E-state index contributed by atoms with van der Waals surface area (Å²) < 4.78 is 41.6. The van der Waals surface area contributed by atoms with E-state index in [9.17, 15) is 18.3 Å². The lowest BCUT2D eigenvalue weighted by Gasteiger charge is -2.16. The number of methoxy groups -OCH3 is 1. The molecular weight excluding hydrogens is 516 g/mol. The second-order valence-corrected chi connectivity index (χ2v) is 10.6. The van der Waals surface area contributed by atoms with Gasteiger partial charge in [-0.05, 0) is 67.4 Å². The largest absolute Gasteiger partial charge is 0.497 e. The number of benzene rings is 3. The number of carbonyl (C=O) groups is 1. The van der Waals surface area contributed by atoms with Gasteiger partial charge in [0.2, 0.25) is 10.0 Å². The zero-order valence-corrected chi connectivity index (χ0v) is 22.8. The van der Waals surface area contributed by atoms with Gasteiger partial charge in [-0.15, -0.1) is 5.92 Å². The second kappa shape index (κ2) is 12.1. The molecule has 0 aliphatic carbocycles. The smallest absolute Gasteiger partial charge is 0.322 e. The molecule has 202 valence electrons. The van der Waals surface area contributed by atoms with E-state index < -0.39 is 22.0 Å². The van der Waals surface area contributed by atoms with Crippen LogP contribution in [0, 0.1) is 18.8 Å². The minimum Gasteiger partial charge on any atom is -0.497 e. The summed E-state index contributed by atoms with van der Waals surface area (Å²) in [6.45, 7) is 4.38. The lowest BCUT2D eigenvalue weighted by molar-refractivity contribution is -0.138. The Morgan fingerprint density at radius 1 is 1.05 bits per heavy atom. The SMILES string of the molecule is CC#CCOc1ccc(S(=O)(=O)N[C@@H](Cc2c(C)n(Cc3ccccc3)c3ccc(OC)cc23)C(=O)O)cc1. The average molecular weight is 547 g/mol. The third-order valence-corrected chi connectivity index (χ3v) is 7.96. The van der Waals surface area contributed by atoms with Crippen molar-refractivity contribution in [2.24, 2.45) is 0 Å². The lowest BCUT2D eigenvalue weighted by Crippen LogP contribution is -2.42. The van der Waals surface area contributed by atoms with E-state index in [0.29, 0.717) is 18.0 Å². The Balaban J connectivity index is 1.65. The number of aliphatic carboxylic acids is 1. The molecule has 2 N–H and O–H groups in total. The Labute approximate surface area is 228 Å². The first kappa shape index (κ1) is 27.8. The molecule has 9 heteroatoms. The van der Waals surface area contributed by atoms with Crippen molar-refractivity contribution in [1.82, 2.24) is 9.29 Å². The zero-order chi connectivity index (χ0) is 28.0. The topological polar surface area (TPSA) is 107 Å². The maximum atomic E-state index is 13.1. The molecule has 4 rings (SSSR count). The van der Waals surface area contributed by atoms with Crippen LogP contribution in [0.4, 0.5) is 0 Å². The summed E-state index contributed by atoms with van der Waals surface area (Å²) in [6.07, 6.45) is -0.0528. The molecule has 8 nitrogen and oxygen atoms in total. The summed E-state index contributed by atoms with van der Waals surface area (Å²) in [6, 6.07) is 19.9. The van der Waals surface area contributed by atoms with Gasteiger partial charge in [-0.2, -0.15) is 4.72 Å². The molecule has 0 radical (unpaired) electrons. The van der Waals surface area contributed by atoms with E-state index in [4.69, 9.17) is 9.47 Å². The van der Waals surface area contributed by atoms with Crippen LogP contribution in [0.5, 0.6) is 11.5 Å². The lowest BCUT2D eigenvalue weighted by atomic mass is 10.0. The van der Waals surface area contributed by atoms with Gasteiger partial charge in [0, 0.05) is 29.6 Å². The molecule has 1 aromatic heterocycles. The first-order chi connectivity index (χ1) is 18.7. The first-order valence-corrected chi connectivity index (χ1v) is 13.8. The fourth-order valence-electron chi connectivity index (χ4n) is 4.43. The minimum absolute atomic E-state index is 0.0528. The van der Waals surface area contributed by atoms with Gasteiger partial charge in [-0.1, -0.05) is 36.3 Å². The summed E-state index contributed by atoms with van der Waals surface area (Å²) in [5, 5.41) is 10.8. The van der Waals surface area contributed by atoms with E-state index >= 15 is 0 Å². The molecular formula is C30H30N2O6S. The Morgan fingerprint density at radius 2 is 1.74 bits per heavy atom. The molecule has 0 aliphatic rings. The molecule has 0 saturated heterocycles. The van der Waals surface area contributed by atoms with Gasteiger partial charge in [0.15, 0.2) is 0 Å². The number of rotatable bonds is 11. The molecule has 0 amide bonds. The fourth-order valence-corrected chi connectivity index (χ4v) is 5.62. The molecule has 39 heavy (non-hydrogen) atoms. The van der Waals surface area contributed by atoms with Gasteiger partial charge in [0.25, 0.3) is 0 Å². The van der Waals surface area contributed by atoms with Crippen molar-refractivity contribution in [3.8, 4) is 23.3 Å². The number of hydrogen-bond donors (Lipinski definition) is 2. The number of hydrogen-bond acceptors (Lipinski definition) is 5. The highest BCUT2D eigenvalue weighted by molar-refractivity contribution is 7.89. The van der Waals surface area contributed by atoms with E-state index in [1.165, 1.54) is 24.3 Å². The zero-order valence-electron chi connectivity index (χ0n) is 22.0. The molecule has 1 heterocycles. The standard InChI is InChI=1S/C30H30N2O6S/c1-4-5-17-38-23-11-14-25(15-12-23)39(35,36)31-28(30(33)34)19-26-21(2)32(20-22-9-7-6-8-10-22)29-16-13-24(37-3)18-27(26)29/h6-16,18,28,31H,17,19-20H2,1-3H3,(H,33,34)/t28-/m0/s1. The van der Waals surface area contributed by atoms with E-state index in [1.807, 2.05) is 55.5 Å². The number of nitrogens with one attached hydrogen (secondary N) is 1. The van der Waals surface area contributed by atoms with Crippen molar-refractivity contribution in [1.29, 1.82) is 0 Å². The van der Waals surface area contributed by atoms with Crippen molar-refractivity contribution in [3.63, 3.8) is 0 Å². The molecule has 0 bridgehead atoms. The molecule has 1 atom stereocenters. The second-order valence-electron chi connectivity index (χ2n) is 8.92. The van der Waals surface area contributed by atoms with Gasteiger partial charge in [0.1, 0.15) is 24.1 Å². The van der Waals surface area contributed by atoms with Crippen molar-refractivity contribution in [2.75, 3.05) is 13.7 Å². The summed E-state index contributed by atoms with van der Waals surface area (Å²) in [7, 11) is -2.57. The van der Waals surface area contributed by atoms with E-state index in [-0.39, 0.29) is 17.9 Å². The van der Waals surface area contributed by atoms with Crippen molar-refractivity contribution < 1.29 is 27.8 Å². The highest BCUT2D eigenvalue weighted by Crippen LogP contribution is 2.31. The van der Waals surface area contributed by atoms with Crippen LogP contribution in [0.1, 0.15) is 23.7 Å². The maximum absolute atomic E-state index is 13.1. The molecule has 3 aromatic carbocycles. The first-order valence-electron chi connectivity index (χ1n) is 12.3. The molecule has 4 aromatic rings. The van der Waals surface area contributed by atoms with Crippen LogP contribution in [-0.2, 0) is 27.8 Å². The normalized spacial score (nSPS) is 12.0.